The SMILES string of the molecule is CCCC1CCC(c2ccc(COc3ccc(-c4ccc(C5CO5)c(F)c4)cc3)c(F)c2F)CC1. The molecule has 35 heavy (non-hydrogen) atoms. The first-order chi connectivity index (χ1) is 17.0. The summed E-state index contributed by atoms with van der Waals surface area (Å²) in [5.74, 6) is -0.474. The van der Waals surface area contributed by atoms with E-state index in [0.29, 0.717) is 23.5 Å². The highest BCUT2D eigenvalue weighted by Crippen LogP contribution is 2.39. The van der Waals surface area contributed by atoms with Gasteiger partial charge in [0.2, 0.25) is 0 Å². The predicted molar refractivity (Wildman–Crippen MR) is 131 cm³/mol. The summed E-state index contributed by atoms with van der Waals surface area (Å²) in [5, 5.41) is 0. The zero-order chi connectivity index (χ0) is 24.4. The Morgan fingerprint density at radius 1 is 0.829 bits per heavy atom. The molecular weight excluding hydrogens is 449 g/mol. The second kappa shape index (κ2) is 10.4. The lowest BCUT2D eigenvalue weighted by Crippen LogP contribution is -2.15. The van der Waals surface area contributed by atoms with Gasteiger partial charge in [0.05, 0.1) is 6.61 Å². The molecule has 1 unspecified atom stereocenters. The van der Waals surface area contributed by atoms with Crippen LogP contribution in [0.2, 0.25) is 0 Å². The lowest BCUT2D eigenvalue weighted by Gasteiger charge is -2.29. The van der Waals surface area contributed by atoms with Crippen molar-refractivity contribution in [2.75, 3.05) is 6.61 Å². The molecule has 1 atom stereocenters. The minimum atomic E-state index is -0.815. The Balaban J connectivity index is 1.21. The third-order valence-electron chi connectivity index (χ3n) is 7.44. The van der Waals surface area contributed by atoms with Crippen molar-refractivity contribution >= 4 is 0 Å². The summed E-state index contributed by atoms with van der Waals surface area (Å²) in [6.07, 6.45) is 6.30. The summed E-state index contributed by atoms with van der Waals surface area (Å²) in [4.78, 5) is 0. The highest BCUT2D eigenvalue weighted by atomic mass is 19.2. The van der Waals surface area contributed by atoms with Crippen molar-refractivity contribution < 1.29 is 22.6 Å². The number of epoxide rings is 1. The van der Waals surface area contributed by atoms with E-state index in [4.69, 9.17) is 9.47 Å². The average Bonchev–Trinajstić information content (AvgIpc) is 3.71. The number of rotatable bonds is 8. The molecule has 0 N–H and O–H groups in total. The van der Waals surface area contributed by atoms with Crippen LogP contribution in [0.3, 0.4) is 0 Å². The van der Waals surface area contributed by atoms with Crippen LogP contribution < -0.4 is 4.74 Å². The van der Waals surface area contributed by atoms with Crippen LogP contribution in [-0.4, -0.2) is 6.61 Å². The van der Waals surface area contributed by atoms with Crippen molar-refractivity contribution in [3.05, 3.63) is 88.7 Å². The maximum Gasteiger partial charge on any atom is 0.165 e. The van der Waals surface area contributed by atoms with Crippen molar-refractivity contribution in [1.29, 1.82) is 0 Å². The van der Waals surface area contributed by atoms with E-state index < -0.39 is 11.6 Å². The number of ether oxygens (including phenoxy) is 2. The van der Waals surface area contributed by atoms with E-state index >= 15 is 0 Å². The van der Waals surface area contributed by atoms with Crippen molar-refractivity contribution in [3.63, 3.8) is 0 Å². The highest BCUT2D eigenvalue weighted by molar-refractivity contribution is 5.64. The van der Waals surface area contributed by atoms with Gasteiger partial charge in [0, 0.05) is 11.1 Å². The first kappa shape index (κ1) is 23.9. The molecule has 0 spiro atoms. The van der Waals surface area contributed by atoms with Gasteiger partial charge >= 0.3 is 0 Å². The maximum absolute atomic E-state index is 14.9. The molecule has 0 bridgehead atoms. The lowest BCUT2D eigenvalue weighted by atomic mass is 9.77. The van der Waals surface area contributed by atoms with Gasteiger partial charge in [-0.3, -0.25) is 0 Å². The molecule has 3 aromatic carbocycles. The fourth-order valence-electron chi connectivity index (χ4n) is 5.30. The van der Waals surface area contributed by atoms with E-state index in [2.05, 4.69) is 6.92 Å². The fraction of sp³-hybridized carbons (Fsp3) is 0.400. The predicted octanol–water partition coefficient (Wildman–Crippen LogP) is 8.50. The summed E-state index contributed by atoms with van der Waals surface area (Å²) in [7, 11) is 0. The van der Waals surface area contributed by atoms with Crippen LogP contribution in [0.15, 0.2) is 54.6 Å². The second-order valence-corrected chi connectivity index (χ2v) is 9.82. The summed E-state index contributed by atoms with van der Waals surface area (Å²) >= 11 is 0. The zero-order valence-corrected chi connectivity index (χ0v) is 20.0. The van der Waals surface area contributed by atoms with Crippen molar-refractivity contribution in [1.82, 2.24) is 0 Å². The number of hydrogen-bond acceptors (Lipinski definition) is 2. The monoisotopic (exact) mass is 480 g/mol. The Hall–Kier alpha value is -2.79. The van der Waals surface area contributed by atoms with Gasteiger partial charge in [-0.25, -0.2) is 13.2 Å². The van der Waals surface area contributed by atoms with E-state index in [1.807, 2.05) is 18.2 Å². The minimum Gasteiger partial charge on any atom is -0.489 e. The minimum absolute atomic E-state index is 0.0592. The van der Waals surface area contributed by atoms with E-state index in [1.165, 1.54) is 18.9 Å². The first-order valence-electron chi connectivity index (χ1n) is 12.6. The highest BCUT2D eigenvalue weighted by Gasteiger charge is 2.28. The van der Waals surface area contributed by atoms with Crippen LogP contribution in [0, 0.1) is 23.4 Å². The smallest absolute Gasteiger partial charge is 0.165 e. The molecule has 1 aliphatic carbocycles. The molecule has 5 rings (SSSR count). The molecule has 1 heterocycles. The standard InChI is InChI=1S/C30H31F3O2/c1-2-3-19-4-6-21(7-5-19)25-14-11-23(29(32)30(25)33)17-34-24-12-8-20(9-13-24)22-10-15-26(27(31)16-22)28-18-35-28/h8-16,19,21,28H,2-7,17-18H2,1H3. The van der Waals surface area contributed by atoms with Crippen LogP contribution in [0.4, 0.5) is 13.2 Å². The van der Waals surface area contributed by atoms with Gasteiger partial charge in [-0.05, 0) is 72.4 Å². The van der Waals surface area contributed by atoms with Gasteiger partial charge in [-0.2, -0.15) is 0 Å². The van der Waals surface area contributed by atoms with Crippen LogP contribution >= 0.6 is 0 Å². The molecule has 184 valence electrons. The van der Waals surface area contributed by atoms with Crippen LogP contribution in [0.25, 0.3) is 11.1 Å². The Morgan fingerprint density at radius 3 is 2.17 bits per heavy atom. The Bertz CT molecular complexity index is 1160. The summed E-state index contributed by atoms with van der Waals surface area (Å²) in [6, 6.07) is 15.7. The normalized spacial score (nSPS) is 21.7. The molecule has 0 amide bonds. The quantitative estimate of drug-likeness (QED) is 0.302. The van der Waals surface area contributed by atoms with Crippen molar-refractivity contribution in [2.45, 2.75) is 64.1 Å². The van der Waals surface area contributed by atoms with Crippen molar-refractivity contribution in [2.24, 2.45) is 5.92 Å². The Kier molecular flexibility index (Phi) is 7.14. The van der Waals surface area contributed by atoms with Gasteiger partial charge in [0.1, 0.15) is 24.3 Å². The van der Waals surface area contributed by atoms with Gasteiger partial charge in [-0.1, -0.05) is 56.2 Å². The summed E-state index contributed by atoms with van der Waals surface area (Å²) < 4.78 is 54.9. The van der Waals surface area contributed by atoms with Gasteiger partial charge in [0.25, 0.3) is 0 Å². The molecule has 1 aliphatic heterocycles. The number of halogens is 3. The van der Waals surface area contributed by atoms with E-state index in [-0.39, 0.29) is 30.0 Å². The van der Waals surface area contributed by atoms with Gasteiger partial charge in [0.15, 0.2) is 11.6 Å². The third-order valence-corrected chi connectivity index (χ3v) is 7.44. The molecule has 2 fully saturated rings. The van der Waals surface area contributed by atoms with E-state index in [9.17, 15) is 13.2 Å². The topological polar surface area (TPSA) is 21.8 Å². The molecule has 2 nitrogen and oxygen atoms in total. The largest absolute Gasteiger partial charge is 0.489 e. The third kappa shape index (κ3) is 5.40. The van der Waals surface area contributed by atoms with Crippen LogP contribution in [-0.2, 0) is 11.3 Å². The second-order valence-electron chi connectivity index (χ2n) is 9.82. The molecule has 0 aromatic heterocycles. The van der Waals surface area contributed by atoms with Gasteiger partial charge < -0.3 is 9.47 Å². The summed E-state index contributed by atoms with van der Waals surface area (Å²) in [5.41, 5.74) is 2.88. The van der Waals surface area contributed by atoms with E-state index in [1.54, 1.807) is 30.3 Å². The number of benzene rings is 3. The first-order valence-corrected chi connectivity index (χ1v) is 12.6. The molecule has 1 saturated heterocycles. The Labute approximate surface area is 205 Å². The Morgan fingerprint density at radius 2 is 1.51 bits per heavy atom. The molecule has 1 saturated carbocycles. The zero-order valence-electron chi connectivity index (χ0n) is 20.0. The van der Waals surface area contributed by atoms with E-state index in [0.717, 1.165) is 42.7 Å². The maximum atomic E-state index is 14.9. The molecule has 3 aromatic rings. The van der Waals surface area contributed by atoms with Crippen LogP contribution in [0.5, 0.6) is 5.75 Å². The fourth-order valence-corrected chi connectivity index (χ4v) is 5.30. The lowest BCUT2D eigenvalue weighted by molar-refractivity contribution is 0.292. The van der Waals surface area contributed by atoms with Crippen LogP contribution in [0.1, 0.15) is 74.2 Å². The molecule has 5 heteroatoms. The molecule has 2 aliphatic rings. The number of hydrogen-bond donors (Lipinski definition) is 0. The molecular formula is C30H31F3O2. The summed E-state index contributed by atoms with van der Waals surface area (Å²) in [6.45, 7) is 2.70. The van der Waals surface area contributed by atoms with Gasteiger partial charge in [-0.15, -0.1) is 0 Å². The van der Waals surface area contributed by atoms with Crippen molar-refractivity contribution in [3.8, 4) is 16.9 Å². The molecule has 0 radical (unpaired) electrons. The average molecular weight is 481 g/mol.